The van der Waals surface area contributed by atoms with E-state index < -0.39 is 0 Å². The monoisotopic (exact) mass is 581 g/mol. The Kier molecular flexibility index (Phi) is 7.65. The number of methoxy groups -OCH3 is 1. The number of nitrogens with zero attached hydrogens (tertiary/aromatic N) is 3. The molecule has 6 rings (SSSR count). The largest absolute Gasteiger partial charge is 0.489 e. The number of aromatic nitrogens is 2. The lowest BCUT2D eigenvalue weighted by Crippen LogP contribution is -2.34. The van der Waals surface area contributed by atoms with Crippen LogP contribution >= 0.6 is 22.9 Å². The fourth-order valence-electron chi connectivity index (χ4n) is 4.77. The number of amides is 1. The molecule has 0 aliphatic rings. The molecule has 41 heavy (non-hydrogen) atoms. The number of carbonyl (C=O) groups excluding carboxylic acids is 1. The van der Waals surface area contributed by atoms with Crippen LogP contribution in [-0.4, -0.2) is 34.9 Å². The topological polar surface area (TPSA) is 73.1 Å². The van der Waals surface area contributed by atoms with Crippen LogP contribution in [0.25, 0.3) is 26.7 Å². The van der Waals surface area contributed by atoms with Gasteiger partial charge in [0, 0.05) is 18.9 Å². The maximum absolute atomic E-state index is 14.3. The van der Waals surface area contributed by atoms with Crippen molar-refractivity contribution in [3.05, 3.63) is 118 Å². The van der Waals surface area contributed by atoms with Crippen molar-refractivity contribution in [1.82, 2.24) is 8.77 Å². The highest BCUT2D eigenvalue weighted by Crippen LogP contribution is 2.32. The Morgan fingerprint density at radius 1 is 1.02 bits per heavy atom. The highest BCUT2D eigenvalue weighted by Gasteiger charge is 2.25. The molecule has 1 amide bonds. The number of carbonyl (C=O) groups is 1. The van der Waals surface area contributed by atoms with Crippen LogP contribution in [0.2, 0.25) is 0 Å². The Morgan fingerprint density at radius 2 is 1.83 bits per heavy atom. The van der Waals surface area contributed by atoms with Gasteiger partial charge in [-0.05, 0) is 76.7 Å². The Morgan fingerprint density at radius 3 is 2.56 bits per heavy atom. The molecule has 4 aromatic heterocycles. The van der Waals surface area contributed by atoms with Gasteiger partial charge in [-0.25, -0.2) is 0 Å². The van der Waals surface area contributed by atoms with Crippen molar-refractivity contribution in [2.45, 2.75) is 13.5 Å². The molecule has 9 heteroatoms. The van der Waals surface area contributed by atoms with Gasteiger partial charge < -0.3 is 9.47 Å². The second-order valence-electron chi connectivity index (χ2n) is 9.57. The number of rotatable bonds is 9. The fourth-order valence-corrected chi connectivity index (χ4v) is 6.49. The quantitative estimate of drug-likeness (QED) is 0.187. The molecular formula is C32H27N3O4S2. The second kappa shape index (κ2) is 11.7. The van der Waals surface area contributed by atoms with E-state index in [1.807, 2.05) is 85.1 Å². The molecule has 0 N–H and O–H groups in total. The smallest absolute Gasteiger partial charge is 0.263 e. The Labute approximate surface area is 245 Å². The second-order valence-corrected chi connectivity index (χ2v) is 11.3. The Bertz CT molecular complexity index is 1890. The van der Waals surface area contributed by atoms with Crippen molar-refractivity contribution in [3.63, 3.8) is 0 Å². The molecule has 0 aliphatic carbocycles. The first-order chi connectivity index (χ1) is 20.0. The normalized spacial score (nSPS) is 11.3. The van der Waals surface area contributed by atoms with Crippen LogP contribution in [-0.2, 0) is 11.3 Å². The first-order valence-electron chi connectivity index (χ1n) is 13.1. The van der Waals surface area contributed by atoms with Crippen LogP contribution in [0.4, 0.5) is 5.00 Å². The van der Waals surface area contributed by atoms with Gasteiger partial charge in [0.15, 0.2) is 0 Å². The highest BCUT2D eigenvalue weighted by molar-refractivity contribution is 7.18. The highest BCUT2D eigenvalue weighted by atomic mass is 32.1. The molecule has 0 radical (unpaired) electrons. The Balaban J connectivity index is 1.45. The first kappa shape index (κ1) is 26.9. The molecule has 0 aliphatic heterocycles. The summed E-state index contributed by atoms with van der Waals surface area (Å²) in [6, 6.07) is 24.9. The summed E-state index contributed by atoms with van der Waals surface area (Å²) in [5, 5.41) is 3.68. The van der Waals surface area contributed by atoms with Gasteiger partial charge in [0.2, 0.25) is 0 Å². The van der Waals surface area contributed by atoms with E-state index in [0.717, 1.165) is 26.3 Å². The summed E-state index contributed by atoms with van der Waals surface area (Å²) in [6.07, 6.45) is 1.75. The molecular weight excluding hydrogens is 555 g/mol. The number of benzene rings is 2. The molecule has 6 aromatic rings. The molecule has 7 nitrogen and oxygen atoms in total. The predicted molar refractivity (Wildman–Crippen MR) is 166 cm³/mol. The van der Waals surface area contributed by atoms with Gasteiger partial charge in [0.05, 0.1) is 34.6 Å². The summed E-state index contributed by atoms with van der Waals surface area (Å²) >= 11 is 2.78. The van der Waals surface area contributed by atoms with E-state index >= 15 is 0 Å². The minimum atomic E-state index is -0.215. The summed E-state index contributed by atoms with van der Waals surface area (Å²) in [5.74, 6) is 0.481. The molecule has 0 saturated carbocycles. The number of fused-ring (bicyclic) bond motifs is 3. The van der Waals surface area contributed by atoms with E-state index in [1.54, 1.807) is 28.7 Å². The van der Waals surface area contributed by atoms with Crippen LogP contribution in [0, 0.1) is 6.92 Å². The lowest BCUT2D eigenvalue weighted by molar-refractivity contribution is 0.0978. The van der Waals surface area contributed by atoms with E-state index in [9.17, 15) is 9.59 Å². The third kappa shape index (κ3) is 5.39. The van der Waals surface area contributed by atoms with Crippen LogP contribution in [0.3, 0.4) is 0 Å². The van der Waals surface area contributed by atoms with Crippen LogP contribution in [0.1, 0.15) is 21.6 Å². The van der Waals surface area contributed by atoms with E-state index in [-0.39, 0.29) is 11.5 Å². The van der Waals surface area contributed by atoms with Crippen molar-refractivity contribution in [3.8, 4) is 16.9 Å². The van der Waals surface area contributed by atoms with Gasteiger partial charge in [-0.2, -0.15) is 4.37 Å². The maximum Gasteiger partial charge on any atom is 0.263 e. The third-order valence-electron chi connectivity index (χ3n) is 6.84. The van der Waals surface area contributed by atoms with Crippen molar-refractivity contribution >= 4 is 49.4 Å². The van der Waals surface area contributed by atoms with E-state index in [4.69, 9.17) is 9.47 Å². The van der Waals surface area contributed by atoms with Gasteiger partial charge in [-0.1, -0.05) is 42.5 Å². The fraction of sp³-hybridized carbons (Fsp3) is 0.156. The summed E-state index contributed by atoms with van der Waals surface area (Å²) in [7, 11) is 1.61. The van der Waals surface area contributed by atoms with Crippen molar-refractivity contribution in [1.29, 1.82) is 0 Å². The maximum atomic E-state index is 14.3. The first-order valence-corrected chi connectivity index (χ1v) is 14.8. The zero-order valence-electron chi connectivity index (χ0n) is 22.6. The van der Waals surface area contributed by atoms with Gasteiger partial charge in [0.25, 0.3) is 11.5 Å². The Hall–Kier alpha value is -4.31. The summed E-state index contributed by atoms with van der Waals surface area (Å²) in [6.45, 7) is 3.06. The molecule has 4 heterocycles. The average Bonchev–Trinajstić information content (AvgIpc) is 3.66. The number of hydrogen-bond acceptors (Lipinski definition) is 7. The van der Waals surface area contributed by atoms with Gasteiger partial charge in [0.1, 0.15) is 17.4 Å². The SMILES string of the molecule is COCCN(C(=O)c1cc(-c2ccc(OCc3ccccc3)cc2)c(=O)n2ccc3ccsc3c12)c1cc(C)ns1. The molecule has 206 valence electrons. The summed E-state index contributed by atoms with van der Waals surface area (Å²) in [5.41, 5.74) is 3.90. The van der Waals surface area contributed by atoms with Crippen molar-refractivity contribution in [2.24, 2.45) is 0 Å². The average molecular weight is 582 g/mol. The van der Waals surface area contributed by atoms with E-state index in [1.165, 1.54) is 22.9 Å². The van der Waals surface area contributed by atoms with Crippen LogP contribution < -0.4 is 15.2 Å². The molecule has 0 unspecified atom stereocenters. The summed E-state index contributed by atoms with van der Waals surface area (Å²) < 4.78 is 18.1. The minimum Gasteiger partial charge on any atom is -0.489 e. The zero-order valence-corrected chi connectivity index (χ0v) is 24.2. The van der Waals surface area contributed by atoms with E-state index in [0.29, 0.717) is 47.7 Å². The number of thiophene rings is 1. The van der Waals surface area contributed by atoms with Gasteiger partial charge in [-0.3, -0.25) is 18.9 Å². The molecule has 0 fully saturated rings. The molecule has 0 saturated heterocycles. The standard InChI is InChI=1S/C32H27N3O4S2/c1-21-18-28(41-33-21)34(15-16-38-2)32(37)27-19-26(31(36)35-14-12-24-13-17-40-30(24)29(27)35)23-8-10-25(11-9-23)39-20-22-6-4-3-5-7-22/h3-14,17-19H,15-16,20H2,1-2H3. The van der Waals surface area contributed by atoms with Crippen LogP contribution in [0.5, 0.6) is 5.75 Å². The number of aryl methyl sites for hydroxylation is 1. The van der Waals surface area contributed by atoms with Crippen molar-refractivity contribution < 1.29 is 14.3 Å². The summed E-state index contributed by atoms with van der Waals surface area (Å²) in [4.78, 5) is 29.9. The molecule has 2 aromatic carbocycles. The number of pyridine rings is 2. The zero-order chi connectivity index (χ0) is 28.3. The van der Waals surface area contributed by atoms with Gasteiger partial charge >= 0.3 is 0 Å². The number of anilines is 1. The van der Waals surface area contributed by atoms with E-state index in [2.05, 4.69) is 4.37 Å². The third-order valence-corrected chi connectivity index (χ3v) is 8.68. The lowest BCUT2D eigenvalue weighted by Gasteiger charge is -2.22. The van der Waals surface area contributed by atoms with Crippen molar-refractivity contribution in [2.75, 3.05) is 25.2 Å². The number of hydrogen-bond donors (Lipinski definition) is 0. The lowest BCUT2D eigenvalue weighted by atomic mass is 10.0. The van der Waals surface area contributed by atoms with Crippen LogP contribution in [0.15, 0.2) is 95.2 Å². The van der Waals surface area contributed by atoms with Gasteiger partial charge in [-0.15, -0.1) is 11.3 Å². The predicted octanol–water partition coefficient (Wildman–Crippen LogP) is 6.82. The molecule has 0 atom stereocenters. The number of ether oxygens (including phenoxy) is 2. The minimum absolute atomic E-state index is 0.193. The molecule has 0 bridgehead atoms. The molecule has 0 spiro atoms.